The Morgan fingerprint density at radius 1 is 1.43 bits per heavy atom. The standard InChI is InChI=1S/C16H21N5O2/c1-3-12-5-4-8-20(10-12)16(22)13-6-7-15(23-2)14(9-13)21-11-17-18-19-21/h6-7,9,11-12H,3-5,8,10H2,1-2H3/t12-/m1/s1. The number of carbonyl (C=O) groups is 1. The SMILES string of the molecule is CC[C@@H]1CCCN(C(=O)c2ccc(OC)c(-n3cnnn3)c2)C1. The Bertz CT molecular complexity index is 671. The number of nitrogens with zero attached hydrogens (tertiary/aromatic N) is 5. The quantitative estimate of drug-likeness (QED) is 0.862. The van der Waals surface area contributed by atoms with Crippen LogP contribution in [0.15, 0.2) is 24.5 Å². The number of amides is 1. The summed E-state index contributed by atoms with van der Waals surface area (Å²) >= 11 is 0. The monoisotopic (exact) mass is 315 g/mol. The van der Waals surface area contributed by atoms with Gasteiger partial charge in [0.1, 0.15) is 17.8 Å². The first-order valence-electron chi connectivity index (χ1n) is 7.93. The van der Waals surface area contributed by atoms with Crippen molar-refractivity contribution in [3.63, 3.8) is 0 Å². The van der Waals surface area contributed by atoms with E-state index in [2.05, 4.69) is 22.4 Å². The third-order valence-electron chi connectivity index (χ3n) is 4.41. The summed E-state index contributed by atoms with van der Waals surface area (Å²) in [5, 5.41) is 11.2. The van der Waals surface area contributed by atoms with E-state index in [1.165, 1.54) is 17.4 Å². The first kappa shape index (κ1) is 15.5. The Kier molecular flexibility index (Phi) is 4.55. The van der Waals surface area contributed by atoms with Crippen LogP contribution >= 0.6 is 0 Å². The molecule has 3 rings (SSSR count). The molecular weight excluding hydrogens is 294 g/mol. The molecule has 23 heavy (non-hydrogen) atoms. The number of benzene rings is 1. The first-order chi connectivity index (χ1) is 11.2. The average molecular weight is 315 g/mol. The molecule has 1 fully saturated rings. The zero-order valence-corrected chi connectivity index (χ0v) is 13.5. The van der Waals surface area contributed by atoms with Crippen molar-refractivity contribution in [3.8, 4) is 11.4 Å². The number of ether oxygens (including phenoxy) is 1. The van der Waals surface area contributed by atoms with Crippen molar-refractivity contribution in [2.24, 2.45) is 5.92 Å². The molecule has 0 unspecified atom stereocenters. The molecule has 1 aliphatic rings. The van der Waals surface area contributed by atoms with Crippen molar-refractivity contribution >= 4 is 5.91 Å². The summed E-state index contributed by atoms with van der Waals surface area (Å²) in [6.07, 6.45) is 4.88. The summed E-state index contributed by atoms with van der Waals surface area (Å²) in [5.41, 5.74) is 1.29. The van der Waals surface area contributed by atoms with E-state index in [1.54, 1.807) is 25.3 Å². The molecule has 0 radical (unpaired) electrons. The topological polar surface area (TPSA) is 73.1 Å². The van der Waals surface area contributed by atoms with E-state index in [1.807, 2.05) is 4.90 Å². The van der Waals surface area contributed by atoms with Crippen LogP contribution < -0.4 is 4.74 Å². The van der Waals surface area contributed by atoms with Crippen LogP contribution in [0.5, 0.6) is 5.75 Å². The minimum Gasteiger partial charge on any atom is -0.494 e. The lowest BCUT2D eigenvalue weighted by atomic mass is 9.95. The Balaban J connectivity index is 1.88. The number of methoxy groups -OCH3 is 1. The molecule has 7 heteroatoms. The third-order valence-corrected chi connectivity index (χ3v) is 4.41. The summed E-state index contributed by atoms with van der Waals surface area (Å²) in [4.78, 5) is 14.8. The summed E-state index contributed by atoms with van der Waals surface area (Å²) in [5.74, 6) is 1.28. The zero-order chi connectivity index (χ0) is 16.2. The molecule has 1 aromatic carbocycles. The lowest BCUT2D eigenvalue weighted by molar-refractivity contribution is 0.0671. The molecule has 0 N–H and O–H groups in total. The van der Waals surface area contributed by atoms with Gasteiger partial charge in [0.2, 0.25) is 0 Å². The molecule has 0 spiro atoms. The molecule has 1 aliphatic heterocycles. The first-order valence-corrected chi connectivity index (χ1v) is 7.93. The number of rotatable bonds is 4. The van der Waals surface area contributed by atoms with E-state index in [-0.39, 0.29) is 5.91 Å². The normalized spacial score (nSPS) is 18.0. The van der Waals surface area contributed by atoms with Gasteiger partial charge in [0.25, 0.3) is 5.91 Å². The molecule has 7 nitrogen and oxygen atoms in total. The van der Waals surface area contributed by atoms with Gasteiger partial charge in [0.15, 0.2) is 0 Å². The van der Waals surface area contributed by atoms with E-state index in [0.717, 1.165) is 25.9 Å². The number of hydrogen-bond acceptors (Lipinski definition) is 5. The Hall–Kier alpha value is -2.44. The molecule has 1 aromatic heterocycles. The number of aromatic nitrogens is 4. The summed E-state index contributed by atoms with van der Waals surface area (Å²) in [6, 6.07) is 5.36. The van der Waals surface area contributed by atoms with Gasteiger partial charge in [-0.05, 0) is 47.4 Å². The number of carbonyl (C=O) groups excluding carboxylic acids is 1. The van der Waals surface area contributed by atoms with Gasteiger partial charge >= 0.3 is 0 Å². The Morgan fingerprint density at radius 2 is 2.30 bits per heavy atom. The highest BCUT2D eigenvalue weighted by Gasteiger charge is 2.24. The maximum absolute atomic E-state index is 12.8. The van der Waals surface area contributed by atoms with Gasteiger partial charge in [-0.1, -0.05) is 13.3 Å². The van der Waals surface area contributed by atoms with Crippen LogP contribution in [0.4, 0.5) is 0 Å². The van der Waals surface area contributed by atoms with Crippen LogP contribution in [0.1, 0.15) is 36.5 Å². The van der Waals surface area contributed by atoms with Gasteiger partial charge in [-0.15, -0.1) is 5.10 Å². The van der Waals surface area contributed by atoms with E-state index in [4.69, 9.17) is 4.74 Å². The number of hydrogen-bond donors (Lipinski definition) is 0. The van der Waals surface area contributed by atoms with Gasteiger partial charge < -0.3 is 9.64 Å². The predicted molar refractivity (Wildman–Crippen MR) is 84.6 cm³/mol. The van der Waals surface area contributed by atoms with E-state index in [0.29, 0.717) is 22.9 Å². The molecule has 0 saturated carbocycles. The van der Waals surface area contributed by atoms with Crippen LogP contribution in [0, 0.1) is 5.92 Å². The van der Waals surface area contributed by atoms with Crippen molar-refractivity contribution in [2.75, 3.05) is 20.2 Å². The number of tetrazole rings is 1. The van der Waals surface area contributed by atoms with Crippen molar-refractivity contribution < 1.29 is 9.53 Å². The molecule has 0 bridgehead atoms. The summed E-state index contributed by atoms with van der Waals surface area (Å²) in [7, 11) is 1.58. The fourth-order valence-electron chi connectivity index (χ4n) is 3.04. The lowest BCUT2D eigenvalue weighted by Crippen LogP contribution is -2.39. The Labute approximate surface area is 135 Å². The van der Waals surface area contributed by atoms with Crippen LogP contribution in [-0.2, 0) is 0 Å². The van der Waals surface area contributed by atoms with E-state index >= 15 is 0 Å². The minimum atomic E-state index is 0.0557. The molecule has 1 amide bonds. The number of piperidine rings is 1. The second kappa shape index (κ2) is 6.76. The second-order valence-electron chi connectivity index (χ2n) is 5.81. The highest BCUT2D eigenvalue weighted by Crippen LogP contribution is 2.25. The molecule has 122 valence electrons. The highest BCUT2D eigenvalue weighted by atomic mass is 16.5. The van der Waals surface area contributed by atoms with Gasteiger partial charge in [-0.3, -0.25) is 4.79 Å². The number of likely N-dealkylation sites (tertiary alicyclic amines) is 1. The lowest BCUT2D eigenvalue weighted by Gasteiger charge is -2.32. The maximum atomic E-state index is 12.8. The van der Waals surface area contributed by atoms with Crippen LogP contribution in [0.3, 0.4) is 0 Å². The smallest absolute Gasteiger partial charge is 0.253 e. The second-order valence-corrected chi connectivity index (χ2v) is 5.81. The predicted octanol–water partition coefficient (Wildman–Crippen LogP) is 1.93. The minimum absolute atomic E-state index is 0.0557. The average Bonchev–Trinajstić information content (AvgIpc) is 3.15. The molecule has 2 aromatic rings. The molecular formula is C16H21N5O2. The molecule has 2 heterocycles. The largest absolute Gasteiger partial charge is 0.494 e. The van der Waals surface area contributed by atoms with E-state index in [9.17, 15) is 4.79 Å². The van der Waals surface area contributed by atoms with Crippen LogP contribution in [0.2, 0.25) is 0 Å². The van der Waals surface area contributed by atoms with Crippen LogP contribution in [0.25, 0.3) is 5.69 Å². The third kappa shape index (κ3) is 3.18. The van der Waals surface area contributed by atoms with Gasteiger partial charge in [0, 0.05) is 18.7 Å². The van der Waals surface area contributed by atoms with Crippen LogP contribution in [-0.4, -0.2) is 51.2 Å². The zero-order valence-electron chi connectivity index (χ0n) is 13.5. The van der Waals surface area contributed by atoms with Crippen molar-refractivity contribution in [2.45, 2.75) is 26.2 Å². The van der Waals surface area contributed by atoms with Crippen molar-refractivity contribution in [1.29, 1.82) is 0 Å². The van der Waals surface area contributed by atoms with Crippen molar-refractivity contribution in [3.05, 3.63) is 30.1 Å². The summed E-state index contributed by atoms with van der Waals surface area (Å²) in [6.45, 7) is 3.84. The van der Waals surface area contributed by atoms with Gasteiger partial charge in [0.05, 0.1) is 7.11 Å². The van der Waals surface area contributed by atoms with Crippen molar-refractivity contribution in [1.82, 2.24) is 25.1 Å². The highest BCUT2D eigenvalue weighted by molar-refractivity contribution is 5.95. The fourth-order valence-corrected chi connectivity index (χ4v) is 3.04. The summed E-state index contributed by atoms with van der Waals surface area (Å²) < 4.78 is 6.84. The molecule has 1 atom stereocenters. The maximum Gasteiger partial charge on any atom is 0.253 e. The fraction of sp³-hybridized carbons (Fsp3) is 0.500. The van der Waals surface area contributed by atoms with Gasteiger partial charge in [-0.2, -0.15) is 4.68 Å². The molecule has 0 aliphatic carbocycles. The van der Waals surface area contributed by atoms with E-state index < -0.39 is 0 Å². The Morgan fingerprint density at radius 3 is 3.00 bits per heavy atom. The molecule has 1 saturated heterocycles. The van der Waals surface area contributed by atoms with Gasteiger partial charge in [-0.25, -0.2) is 0 Å².